The van der Waals surface area contributed by atoms with Crippen molar-refractivity contribution >= 4 is 17.7 Å². The summed E-state index contributed by atoms with van der Waals surface area (Å²) in [6.07, 6.45) is 2.44. The lowest BCUT2D eigenvalue weighted by Crippen LogP contribution is -2.46. The van der Waals surface area contributed by atoms with Gasteiger partial charge in [-0.2, -0.15) is 11.8 Å². The van der Waals surface area contributed by atoms with Crippen molar-refractivity contribution in [1.29, 1.82) is 0 Å². The highest BCUT2D eigenvalue weighted by molar-refractivity contribution is 7.98. The second-order valence-electron chi connectivity index (χ2n) is 4.07. The predicted molar refractivity (Wildman–Crippen MR) is 68.9 cm³/mol. The standard InChI is InChI=1S/C11H22N2O3S/c1-9(13-4-6-15-7-5-13)16-11(14)10(12)3-8-17-2/h9-10H,3-8,12H2,1-2H3/t9?,10-/m0/s1. The van der Waals surface area contributed by atoms with Crippen LogP contribution < -0.4 is 5.73 Å². The lowest BCUT2D eigenvalue weighted by atomic mass is 10.2. The molecule has 5 nitrogen and oxygen atoms in total. The highest BCUT2D eigenvalue weighted by Crippen LogP contribution is 2.07. The van der Waals surface area contributed by atoms with Gasteiger partial charge in [-0.15, -0.1) is 0 Å². The van der Waals surface area contributed by atoms with Gasteiger partial charge in [-0.3, -0.25) is 9.69 Å². The first-order valence-electron chi connectivity index (χ1n) is 5.92. The van der Waals surface area contributed by atoms with E-state index in [4.69, 9.17) is 15.2 Å². The minimum absolute atomic E-state index is 0.216. The molecule has 0 bridgehead atoms. The number of rotatable bonds is 6. The molecule has 1 rings (SSSR count). The number of nitrogens with two attached hydrogens (primary N) is 1. The topological polar surface area (TPSA) is 64.8 Å². The SMILES string of the molecule is CSCC[C@H](N)C(=O)OC(C)N1CCOCC1. The third-order valence-electron chi connectivity index (χ3n) is 2.78. The summed E-state index contributed by atoms with van der Waals surface area (Å²) in [5.41, 5.74) is 5.75. The second-order valence-corrected chi connectivity index (χ2v) is 5.06. The average molecular weight is 262 g/mol. The van der Waals surface area contributed by atoms with Crippen molar-refractivity contribution in [2.24, 2.45) is 5.73 Å². The maximum absolute atomic E-state index is 11.7. The molecule has 1 saturated heterocycles. The van der Waals surface area contributed by atoms with Crippen LogP contribution in [0.5, 0.6) is 0 Å². The lowest BCUT2D eigenvalue weighted by molar-refractivity contribution is -0.162. The maximum Gasteiger partial charge on any atom is 0.324 e. The monoisotopic (exact) mass is 262 g/mol. The van der Waals surface area contributed by atoms with Crippen LogP contribution in [0, 0.1) is 0 Å². The van der Waals surface area contributed by atoms with E-state index < -0.39 is 6.04 Å². The van der Waals surface area contributed by atoms with Crippen molar-refractivity contribution in [3.8, 4) is 0 Å². The zero-order chi connectivity index (χ0) is 12.7. The number of thioether (sulfide) groups is 1. The third-order valence-corrected chi connectivity index (χ3v) is 3.43. The predicted octanol–water partition coefficient (Wildman–Crippen LogP) is 0.288. The van der Waals surface area contributed by atoms with E-state index in [1.807, 2.05) is 13.2 Å². The van der Waals surface area contributed by atoms with Gasteiger partial charge in [-0.25, -0.2) is 0 Å². The largest absolute Gasteiger partial charge is 0.445 e. The molecule has 1 fully saturated rings. The van der Waals surface area contributed by atoms with Gasteiger partial charge in [0.2, 0.25) is 0 Å². The molecule has 17 heavy (non-hydrogen) atoms. The van der Waals surface area contributed by atoms with Gasteiger partial charge in [0.1, 0.15) is 6.04 Å². The summed E-state index contributed by atoms with van der Waals surface area (Å²) in [6, 6.07) is -0.508. The van der Waals surface area contributed by atoms with Crippen LogP contribution in [0.3, 0.4) is 0 Å². The molecule has 2 atom stereocenters. The van der Waals surface area contributed by atoms with E-state index >= 15 is 0 Å². The molecule has 1 unspecified atom stereocenters. The Kier molecular flexibility index (Phi) is 6.87. The Morgan fingerprint density at radius 1 is 1.53 bits per heavy atom. The number of esters is 1. The molecule has 1 aliphatic rings. The summed E-state index contributed by atoms with van der Waals surface area (Å²) in [6.45, 7) is 4.87. The molecule has 100 valence electrons. The van der Waals surface area contributed by atoms with E-state index in [-0.39, 0.29) is 12.2 Å². The van der Waals surface area contributed by atoms with Crippen LogP contribution in [-0.4, -0.2) is 61.5 Å². The molecule has 0 aliphatic carbocycles. The first kappa shape index (κ1) is 14.8. The van der Waals surface area contributed by atoms with Crippen LogP contribution in [0.15, 0.2) is 0 Å². The van der Waals surface area contributed by atoms with Crippen LogP contribution >= 0.6 is 11.8 Å². The molecule has 0 amide bonds. The van der Waals surface area contributed by atoms with Crippen molar-refractivity contribution in [2.75, 3.05) is 38.3 Å². The fourth-order valence-electron chi connectivity index (χ4n) is 1.63. The number of ether oxygens (including phenoxy) is 2. The van der Waals surface area contributed by atoms with E-state index in [1.165, 1.54) is 0 Å². The van der Waals surface area contributed by atoms with Gasteiger partial charge in [0.25, 0.3) is 0 Å². The Morgan fingerprint density at radius 2 is 2.18 bits per heavy atom. The molecular formula is C11H22N2O3S. The summed E-state index contributed by atoms with van der Waals surface area (Å²) in [5, 5.41) is 0. The maximum atomic E-state index is 11.7. The van der Waals surface area contributed by atoms with Gasteiger partial charge in [0, 0.05) is 13.1 Å². The average Bonchev–Trinajstić information content (AvgIpc) is 2.36. The molecule has 0 spiro atoms. The summed E-state index contributed by atoms with van der Waals surface area (Å²) in [5.74, 6) is 0.570. The van der Waals surface area contributed by atoms with Crippen molar-refractivity contribution in [1.82, 2.24) is 4.90 Å². The molecule has 2 N–H and O–H groups in total. The summed E-state index contributed by atoms with van der Waals surface area (Å²) in [7, 11) is 0. The molecule has 1 aliphatic heterocycles. The quantitative estimate of drug-likeness (QED) is 0.694. The lowest BCUT2D eigenvalue weighted by Gasteiger charge is -2.32. The van der Waals surface area contributed by atoms with Crippen LogP contribution in [0.2, 0.25) is 0 Å². The van der Waals surface area contributed by atoms with E-state index in [0.717, 1.165) is 18.8 Å². The molecule has 0 aromatic rings. The van der Waals surface area contributed by atoms with Gasteiger partial charge in [-0.1, -0.05) is 0 Å². The number of carbonyl (C=O) groups excluding carboxylic acids is 1. The molecule has 0 aromatic heterocycles. The van der Waals surface area contributed by atoms with E-state index in [0.29, 0.717) is 19.6 Å². The normalized spacial score (nSPS) is 20.9. The summed E-state index contributed by atoms with van der Waals surface area (Å²) < 4.78 is 10.6. The number of hydrogen-bond acceptors (Lipinski definition) is 6. The first-order chi connectivity index (χ1) is 8.15. The van der Waals surface area contributed by atoms with Crippen LogP contribution in [0.4, 0.5) is 0 Å². The minimum atomic E-state index is -0.508. The van der Waals surface area contributed by atoms with Crippen LogP contribution in [0.25, 0.3) is 0 Å². The smallest absolute Gasteiger partial charge is 0.324 e. The zero-order valence-corrected chi connectivity index (χ0v) is 11.4. The molecule has 0 radical (unpaired) electrons. The summed E-state index contributed by atoms with van der Waals surface area (Å²) in [4.78, 5) is 13.8. The van der Waals surface area contributed by atoms with E-state index in [1.54, 1.807) is 11.8 Å². The van der Waals surface area contributed by atoms with Crippen LogP contribution in [0.1, 0.15) is 13.3 Å². The van der Waals surface area contributed by atoms with Gasteiger partial charge in [0.05, 0.1) is 13.2 Å². The molecule has 1 heterocycles. The fraction of sp³-hybridized carbons (Fsp3) is 0.909. The molecule has 0 aromatic carbocycles. The first-order valence-corrected chi connectivity index (χ1v) is 7.31. The Morgan fingerprint density at radius 3 is 2.76 bits per heavy atom. The van der Waals surface area contributed by atoms with Crippen molar-refractivity contribution in [2.45, 2.75) is 25.6 Å². The Balaban J connectivity index is 2.28. The Labute approximate surface area is 107 Å². The van der Waals surface area contributed by atoms with Gasteiger partial charge in [0.15, 0.2) is 6.23 Å². The molecule has 6 heteroatoms. The number of hydrogen-bond donors (Lipinski definition) is 1. The van der Waals surface area contributed by atoms with E-state index in [9.17, 15) is 4.79 Å². The fourth-order valence-corrected chi connectivity index (χ4v) is 2.12. The van der Waals surface area contributed by atoms with Crippen molar-refractivity contribution < 1.29 is 14.3 Å². The highest BCUT2D eigenvalue weighted by Gasteiger charge is 2.23. The third kappa shape index (κ3) is 5.25. The van der Waals surface area contributed by atoms with Gasteiger partial charge in [-0.05, 0) is 25.4 Å². The van der Waals surface area contributed by atoms with Crippen molar-refractivity contribution in [3.63, 3.8) is 0 Å². The number of carbonyl (C=O) groups is 1. The molecular weight excluding hydrogens is 240 g/mol. The van der Waals surface area contributed by atoms with E-state index in [2.05, 4.69) is 4.90 Å². The van der Waals surface area contributed by atoms with Gasteiger partial charge >= 0.3 is 5.97 Å². The number of nitrogens with zero attached hydrogens (tertiary/aromatic N) is 1. The second kappa shape index (κ2) is 7.92. The highest BCUT2D eigenvalue weighted by atomic mass is 32.2. The summed E-state index contributed by atoms with van der Waals surface area (Å²) >= 11 is 1.68. The Bertz CT molecular complexity index is 235. The zero-order valence-electron chi connectivity index (χ0n) is 10.6. The Hall–Kier alpha value is -0.300. The number of morpholine rings is 1. The molecule has 0 saturated carbocycles. The van der Waals surface area contributed by atoms with Gasteiger partial charge < -0.3 is 15.2 Å². The van der Waals surface area contributed by atoms with Crippen LogP contribution in [-0.2, 0) is 14.3 Å². The van der Waals surface area contributed by atoms with Crippen molar-refractivity contribution in [3.05, 3.63) is 0 Å². The minimum Gasteiger partial charge on any atom is -0.445 e.